The van der Waals surface area contributed by atoms with Gasteiger partial charge in [-0.25, -0.2) is 13.8 Å². The van der Waals surface area contributed by atoms with Crippen LogP contribution in [0.3, 0.4) is 0 Å². The number of halogens is 2. The van der Waals surface area contributed by atoms with Crippen LogP contribution < -0.4 is 4.74 Å². The number of hydrogen-bond acceptors (Lipinski definition) is 5. The molecule has 1 saturated carbocycles. The number of methoxy groups -OCH3 is 1. The third-order valence-corrected chi connectivity index (χ3v) is 5.48. The smallest absolute Gasteiger partial charge is 0.235 e. The Morgan fingerprint density at radius 3 is 2.68 bits per heavy atom. The predicted molar refractivity (Wildman–Crippen MR) is 94.1 cm³/mol. The molecule has 0 N–H and O–H groups in total. The molecule has 2 aromatic rings. The minimum atomic E-state index is -0.602. The summed E-state index contributed by atoms with van der Waals surface area (Å²) in [6.45, 7) is 2.16. The molecule has 0 saturated heterocycles. The van der Waals surface area contributed by atoms with Crippen molar-refractivity contribution in [1.82, 2.24) is 14.9 Å². The van der Waals surface area contributed by atoms with E-state index in [1.54, 1.807) is 4.90 Å². The van der Waals surface area contributed by atoms with Gasteiger partial charge in [-0.15, -0.1) is 0 Å². The van der Waals surface area contributed by atoms with Gasteiger partial charge in [0.15, 0.2) is 0 Å². The molecule has 1 aliphatic heterocycles. The summed E-state index contributed by atoms with van der Waals surface area (Å²) in [5, 5.41) is 9.07. The lowest BCUT2D eigenvalue weighted by molar-refractivity contribution is -0.133. The molecule has 3 atom stereocenters. The number of carbonyl (C=O) groups excluding carboxylic acids is 1. The molecule has 1 amide bonds. The summed E-state index contributed by atoms with van der Waals surface area (Å²) in [5.41, 5.74) is 1.93. The normalized spacial score (nSPS) is 22.5. The van der Waals surface area contributed by atoms with Crippen LogP contribution >= 0.6 is 0 Å². The van der Waals surface area contributed by atoms with E-state index >= 15 is 0 Å². The molecule has 0 spiro atoms. The number of benzene rings is 1. The number of nitriles is 1. The fourth-order valence-electron chi connectivity index (χ4n) is 4.01. The van der Waals surface area contributed by atoms with Crippen LogP contribution in [0.15, 0.2) is 18.2 Å². The first-order valence-corrected chi connectivity index (χ1v) is 9.01. The number of carbonyl (C=O) groups is 1. The van der Waals surface area contributed by atoms with Crippen molar-refractivity contribution in [3.63, 3.8) is 0 Å². The molecule has 8 heteroatoms. The highest BCUT2D eigenvalue weighted by Crippen LogP contribution is 2.50. The number of rotatable bonds is 4. The van der Waals surface area contributed by atoms with Crippen molar-refractivity contribution in [2.24, 2.45) is 5.92 Å². The Morgan fingerprint density at radius 2 is 2.04 bits per heavy atom. The van der Waals surface area contributed by atoms with E-state index in [0.717, 1.165) is 18.1 Å². The summed E-state index contributed by atoms with van der Waals surface area (Å²) >= 11 is 0. The van der Waals surface area contributed by atoms with E-state index in [4.69, 9.17) is 10.00 Å². The fourth-order valence-corrected chi connectivity index (χ4v) is 4.01. The van der Waals surface area contributed by atoms with Gasteiger partial charge in [-0.2, -0.15) is 10.2 Å². The molecule has 2 aliphatic rings. The van der Waals surface area contributed by atoms with Gasteiger partial charge < -0.3 is 9.64 Å². The van der Waals surface area contributed by atoms with E-state index in [0.29, 0.717) is 23.6 Å². The van der Waals surface area contributed by atoms with Crippen LogP contribution in [0.4, 0.5) is 8.78 Å². The van der Waals surface area contributed by atoms with Gasteiger partial charge in [-0.1, -0.05) is 0 Å². The lowest BCUT2D eigenvalue weighted by Crippen LogP contribution is -2.28. The lowest BCUT2D eigenvalue weighted by atomic mass is 10.1. The molecule has 2 heterocycles. The first-order valence-electron chi connectivity index (χ1n) is 9.01. The summed E-state index contributed by atoms with van der Waals surface area (Å²) in [5.74, 6) is -0.892. The molecule has 1 aromatic heterocycles. The van der Waals surface area contributed by atoms with Crippen molar-refractivity contribution in [2.45, 2.75) is 38.3 Å². The van der Waals surface area contributed by atoms with Crippen LogP contribution in [0.25, 0.3) is 0 Å². The van der Waals surface area contributed by atoms with Gasteiger partial charge in [0.25, 0.3) is 0 Å². The predicted octanol–water partition coefficient (Wildman–Crippen LogP) is 3.23. The number of aromatic nitrogens is 2. The molecular formula is C20H18F2N4O2. The van der Waals surface area contributed by atoms with Gasteiger partial charge in [-0.05, 0) is 42.9 Å². The molecule has 4 rings (SSSR count). The van der Waals surface area contributed by atoms with Crippen LogP contribution in [-0.4, -0.2) is 27.9 Å². The first-order chi connectivity index (χ1) is 13.4. The summed E-state index contributed by atoms with van der Waals surface area (Å²) < 4.78 is 32.1. The number of hydrogen-bond donors (Lipinski definition) is 0. The molecular weight excluding hydrogens is 366 g/mol. The largest absolute Gasteiger partial charge is 0.481 e. The minimum absolute atomic E-state index is 0.00560. The third kappa shape index (κ3) is 3.17. The second kappa shape index (κ2) is 6.82. The van der Waals surface area contributed by atoms with Crippen molar-refractivity contribution >= 4 is 5.91 Å². The van der Waals surface area contributed by atoms with E-state index in [-0.39, 0.29) is 36.2 Å². The van der Waals surface area contributed by atoms with Crippen LogP contribution in [0.2, 0.25) is 0 Å². The average molecular weight is 384 g/mol. The minimum Gasteiger partial charge on any atom is -0.481 e. The number of amides is 1. The van der Waals surface area contributed by atoms with E-state index in [9.17, 15) is 13.6 Å². The van der Waals surface area contributed by atoms with Crippen LogP contribution in [-0.2, 0) is 11.3 Å². The molecule has 1 unspecified atom stereocenters. The maximum Gasteiger partial charge on any atom is 0.235 e. The van der Waals surface area contributed by atoms with Gasteiger partial charge in [-0.3, -0.25) is 4.79 Å². The molecule has 1 aliphatic carbocycles. The summed E-state index contributed by atoms with van der Waals surface area (Å²) in [6.07, 6.45) is 1.02. The second-order valence-electron chi connectivity index (χ2n) is 7.24. The molecule has 144 valence electrons. The zero-order valence-electron chi connectivity index (χ0n) is 15.4. The number of ether oxygens (including phenoxy) is 1. The Kier molecular flexibility index (Phi) is 4.46. The molecule has 6 nitrogen and oxygen atoms in total. The highest BCUT2D eigenvalue weighted by molar-refractivity contribution is 5.78. The maximum atomic E-state index is 13.4. The van der Waals surface area contributed by atoms with Crippen molar-refractivity contribution in [3.05, 3.63) is 52.5 Å². The van der Waals surface area contributed by atoms with Crippen LogP contribution in [0, 0.1) is 28.9 Å². The molecule has 0 radical (unpaired) electrons. The number of fused-ring (bicyclic) bond motifs is 1. The van der Waals surface area contributed by atoms with Gasteiger partial charge >= 0.3 is 0 Å². The topological polar surface area (TPSA) is 79.1 Å². The highest BCUT2D eigenvalue weighted by Gasteiger charge is 2.43. The molecule has 28 heavy (non-hydrogen) atoms. The fraction of sp³-hybridized carbons (Fsp3) is 0.400. The van der Waals surface area contributed by atoms with Gasteiger partial charge in [0.1, 0.15) is 17.7 Å². The molecule has 0 bridgehead atoms. The number of nitrogens with zero attached hydrogens (tertiary/aromatic N) is 4. The second-order valence-corrected chi connectivity index (χ2v) is 7.24. The Hall–Kier alpha value is -3.08. The maximum absolute atomic E-state index is 13.4. The van der Waals surface area contributed by atoms with Crippen LogP contribution in [0.1, 0.15) is 54.4 Å². The van der Waals surface area contributed by atoms with E-state index in [1.807, 2.05) is 13.0 Å². The van der Waals surface area contributed by atoms with Gasteiger partial charge in [0, 0.05) is 12.5 Å². The van der Waals surface area contributed by atoms with Crippen molar-refractivity contribution in [1.29, 1.82) is 5.26 Å². The SMILES string of the molecule is COc1nc(C#N)nc2c1C(C)N(C(=O)C[C@@H]1C[C@H]1c1cc(F)cc(F)c1)C2. The first kappa shape index (κ1) is 18.3. The van der Waals surface area contributed by atoms with E-state index < -0.39 is 11.6 Å². The summed E-state index contributed by atoms with van der Waals surface area (Å²) in [7, 11) is 1.47. The van der Waals surface area contributed by atoms with E-state index in [1.165, 1.54) is 19.2 Å². The van der Waals surface area contributed by atoms with E-state index in [2.05, 4.69) is 9.97 Å². The standard InChI is InChI=1S/C20H18F2N4O2/c1-10-19-16(24-17(8-23)25-20(19)28-2)9-26(10)18(27)6-12-5-15(12)11-3-13(21)7-14(22)4-11/h3-4,7,10,12,15H,5-6,9H2,1-2H3/t10?,12-,15-/m0/s1. The van der Waals surface area contributed by atoms with Crippen molar-refractivity contribution in [3.8, 4) is 11.9 Å². The van der Waals surface area contributed by atoms with Crippen molar-refractivity contribution in [2.75, 3.05) is 7.11 Å². The average Bonchev–Trinajstić information content (AvgIpc) is 3.34. The third-order valence-electron chi connectivity index (χ3n) is 5.48. The molecule has 1 fully saturated rings. The Morgan fingerprint density at radius 1 is 1.32 bits per heavy atom. The quantitative estimate of drug-likeness (QED) is 0.809. The zero-order valence-corrected chi connectivity index (χ0v) is 15.4. The van der Waals surface area contributed by atoms with Crippen LogP contribution in [0.5, 0.6) is 5.88 Å². The van der Waals surface area contributed by atoms with Gasteiger partial charge in [0.2, 0.25) is 17.6 Å². The zero-order chi connectivity index (χ0) is 20.0. The van der Waals surface area contributed by atoms with Gasteiger partial charge in [0.05, 0.1) is 31.0 Å². The summed E-state index contributed by atoms with van der Waals surface area (Å²) in [6, 6.07) is 5.14. The Bertz CT molecular complexity index is 984. The summed E-state index contributed by atoms with van der Waals surface area (Å²) in [4.78, 5) is 22.8. The lowest BCUT2D eigenvalue weighted by Gasteiger charge is -2.22. The monoisotopic (exact) mass is 384 g/mol. The van der Waals surface area contributed by atoms with Crippen molar-refractivity contribution < 1.29 is 18.3 Å². The molecule has 1 aromatic carbocycles. The Balaban J connectivity index is 1.47. The Labute approximate surface area is 160 Å². The highest BCUT2D eigenvalue weighted by atomic mass is 19.1.